The summed E-state index contributed by atoms with van der Waals surface area (Å²) < 4.78 is 6.22. The molecule has 4 aromatic carbocycles. The van der Waals surface area contributed by atoms with Gasteiger partial charge in [-0.05, 0) is 52.2 Å². The van der Waals surface area contributed by atoms with Gasteiger partial charge in [0.05, 0.1) is 17.3 Å². The predicted octanol–water partition coefficient (Wildman–Crippen LogP) is 7.34. The third-order valence-electron chi connectivity index (χ3n) is 5.74. The molecule has 0 atom stereocenters. The van der Waals surface area contributed by atoms with Gasteiger partial charge in [-0.15, -0.1) is 0 Å². The zero-order chi connectivity index (χ0) is 20.8. The Balaban J connectivity index is 1.63. The molecule has 0 saturated heterocycles. The number of rotatable bonds is 2. The molecule has 144 valence electrons. The fourth-order valence-electron chi connectivity index (χ4n) is 4.33. The Morgan fingerprint density at radius 2 is 1.45 bits per heavy atom. The van der Waals surface area contributed by atoms with E-state index in [1.807, 2.05) is 36.4 Å². The van der Waals surface area contributed by atoms with Crippen molar-refractivity contribution in [3.8, 4) is 28.5 Å². The number of fused-ring (bicyclic) bond motifs is 5. The van der Waals surface area contributed by atoms with Crippen molar-refractivity contribution in [1.29, 1.82) is 5.26 Å². The van der Waals surface area contributed by atoms with Crippen molar-refractivity contribution in [2.45, 2.75) is 0 Å². The maximum Gasteiger partial charge on any atom is 0.136 e. The Hall–Kier alpha value is -4.42. The smallest absolute Gasteiger partial charge is 0.136 e. The van der Waals surface area contributed by atoms with Crippen LogP contribution < -0.4 is 0 Å². The minimum Gasteiger partial charge on any atom is -0.456 e. The third-order valence-corrected chi connectivity index (χ3v) is 5.74. The zero-order valence-electron chi connectivity index (χ0n) is 16.5. The van der Waals surface area contributed by atoms with Gasteiger partial charge < -0.3 is 4.42 Å². The van der Waals surface area contributed by atoms with Gasteiger partial charge in [-0.25, -0.2) is 0 Å². The highest BCUT2D eigenvalue weighted by atomic mass is 16.3. The van der Waals surface area contributed by atoms with E-state index < -0.39 is 0 Å². The maximum atomic E-state index is 9.23. The lowest BCUT2D eigenvalue weighted by atomic mass is 9.93. The molecule has 2 heterocycles. The Morgan fingerprint density at radius 3 is 2.32 bits per heavy atom. The topological polar surface area (TPSA) is 49.8 Å². The van der Waals surface area contributed by atoms with Gasteiger partial charge in [0.2, 0.25) is 0 Å². The number of benzene rings is 4. The largest absolute Gasteiger partial charge is 0.456 e. The van der Waals surface area contributed by atoms with Crippen molar-refractivity contribution in [2.24, 2.45) is 0 Å². The van der Waals surface area contributed by atoms with Crippen molar-refractivity contribution in [2.75, 3.05) is 0 Å². The van der Waals surface area contributed by atoms with Crippen LogP contribution in [0.2, 0.25) is 0 Å². The highest BCUT2D eigenvalue weighted by Gasteiger charge is 2.15. The Bertz CT molecular complexity index is 1650. The van der Waals surface area contributed by atoms with E-state index in [9.17, 15) is 5.26 Å². The van der Waals surface area contributed by atoms with Gasteiger partial charge in [-0.2, -0.15) is 5.26 Å². The summed E-state index contributed by atoms with van der Waals surface area (Å²) in [6, 6.07) is 32.8. The summed E-state index contributed by atoms with van der Waals surface area (Å²) in [6.45, 7) is 0. The summed E-state index contributed by atoms with van der Waals surface area (Å²) in [5.74, 6) is 0. The average Bonchev–Trinajstić information content (AvgIpc) is 3.22. The fraction of sp³-hybridized carbons (Fsp3) is 0. The van der Waals surface area contributed by atoms with Crippen molar-refractivity contribution in [3.05, 3.63) is 103 Å². The van der Waals surface area contributed by atoms with Gasteiger partial charge in [0.1, 0.15) is 11.2 Å². The monoisotopic (exact) mass is 396 g/mol. The van der Waals surface area contributed by atoms with E-state index in [0.717, 1.165) is 44.3 Å². The van der Waals surface area contributed by atoms with Crippen molar-refractivity contribution in [1.82, 2.24) is 4.98 Å². The van der Waals surface area contributed by atoms with E-state index in [1.54, 1.807) is 12.3 Å². The molecule has 0 bridgehead atoms. The molecule has 3 nitrogen and oxygen atoms in total. The molecule has 0 saturated carbocycles. The Morgan fingerprint density at radius 1 is 0.677 bits per heavy atom. The standard InChI is InChI=1S/C28H16N2O/c29-17-18-12-13-30-25(14-18)20-7-5-6-19(15-20)24-16-27-28(22-9-2-1-8-21(22)24)23-10-3-4-11-26(23)31-27/h1-16H. The molecule has 0 aliphatic carbocycles. The lowest BCUT2D eigenvalue weighted by molar-refractivity contribution is 0.669. The first-order valence-corrected chi connectivity index (χ1v) is 10.1. The molecule has 0 fully saturated rings. The molecule has 0 radical (unpaired) electrons. The number of nitriles is 1. The van der Waals surface area contributed by atoms with Crippen LogP contribution >= 0.6 is 0 Å². The molecule has 3 heteroatoms. The van der Waals surface area contributed by atoms with Gasteiger partial charge in [0.25, 0.3) is 0 Å². The second-order valence-corrected chi connectivity index (χ2v) is 7.56. The number of furan rings is 1. The van der Waals surface area contributed by atoms with Crippen LogP contribution in [-0.2, 0) is 0 Å². The Kier molecular flexibility index (Phi) is 3.84. The van der Waals surface area contributed by atoms with Crippen LogP contribution in [0, 0.1) is 11.3 Å². The molecule has 0 unspecified atom stereocenters. The number of pyridine rings is 1. The summed E-state index contributed by atoms with van der Waals surface area (Å²) in [6.07, 6.45) is 1.68. The van der Waals surface area contributed by atoms with Crippen LogP contribution in [0.25, 0.3) is 55.1 Å². The normalized spacial score (nSPS) is 11.2. The molecule has 2 aromatic heterocycles. The minimum atomic E-state index is 0.601. The molecule has 6 aromatic rings. The minimum absolute atomic E-state index is 0.601. The van der Waals surface area contributed by atoms with Crippen molar-refractivity contribution in [3.63, 3.8) is 0 Å². The van der Waals surface area contributed by atoms with E-state index in [2.05, 4.69) is 59.6 Å². The molecular formula is C28H16N2O. The van der Waals surface area contributed by atoms with E-state index in [4.69, 9.17) is 4.42 Å². The molecule has 0 spiro atoms. The van der Waals surface area contributed by atoms with E-state index >= 15 is 0 Å². The van der Waals surface area contributed by atoms with Gasteiger partial charge >= 0.3 is 0 Å². The molecule has 31 heavy (non-hydrogen) atoms. The van der Waals surface area contributed by atoms with E-state index in [-0.39, 0.29) is 0 Å². The first-order chi connectivity index (χ1) is 15.3. The molecule has 0 aliphatic rings. The highest BCUT2D eigenvalue weighted by Crippen LogP contribution is 2.40. The quantitative estimate of drug-likeness (QED) is 0.308. The van der Waals surface area contributed by atoms with Crippen molar-refractivity contribution < 1.29 is 4.42 Å². The summed E-state index contributed by atoms with van der Waals surface area (Å²) in [5, 5.41) is 13.9. The lowest BCUT2D eigenvalue weighted by Crippen LogP contribution is -1.87. The van der Waals surface area contributed by atoms with Gasteiger partial charge in [0.15, 0.2) is 0 Å². The first kappa shape index (κ1) is 17.4. The predicted molar refractivity (Wildman–Crippen MR) is 125 cm³/mol. The number of hydrogen-bond donors (Lipinski definition) is 0. The van der Waals surface area contributed by atoms with E-state index in [0.29, 0.717) is 5.56 Å². The van der Waals surface area contributed by atoms with Crippen LogP contribution in [0.1, 0.15) is 5.56 Å². The summed E-state index contributed by atoms with van der Waals surface area (Å²) in [7, 11) is 0. The van der Waals surface area contributed by atoms with E-state index in [1.165, 1.54) is 10.8 Å². The molecule has 0 N–H and O–H groups in total. The number of nitrogens with zero attached hydrogens (tertiary/aromatic N) is 2. The molecule has 0 amide bonds. The summed E-state index contributed by atoms with van der Waals surface area (Å²) in [5.41, 5.74) is 6.33. The van der Waals surface area contributed by atoms with Crippen LogP contribution in [0.15, 0.2) is 102 Å². The zero-order valence-corrected chi connectivity index (χ0v) is 16.5. The second kappa shape index (κ2) is 6.83. The molecular weight excluding hydrogens is 380 g/mol. The lowest BCUT2D eigenvalue weighted by Gasteiger charge is -2.10. The fourth-order valence-corrected chi connectivity index (χ4v) is 4.33. The number of hydrogen-bond acceptors (Lipinski definition) is 3. The van der Waals surface area contributed by atoms with Crippen LogP contribution in [0.3, 0.4) is 0 Å². The maximum absolute atomic E-state index is 9.23. The summed E-state index contributed by atoms with van der Waals surface area (Å²) >= 11 is 0. The van der Waals surface area contributed by atoms with Crippen LogP contribution in [-0.4, -0.2) is 4.98 Å². The molecule has 0 aliphatic heterocycles. The number of aromatic nitrogens is 1. The SMILES string of the molecule is N#Cc1ccnc(-c2cccc(-c3cc4oc5ccccc5c4c4ccccc34)c2)c1. The molecule has 6 rings (SSSR count). The Labute approximate surface area is 178 Å². The average molecular weight is 396 g/mol. The third kappa shape index (κ3) is 2.78. The summed E-state index contributed by atoms with van der Waals surface area (Å²) in [4.78, 5) is 4.46. The number of para-hydroxylation sites is 1. The first-order valence-electron chi connectivity index (χ1n) is 10.1. The highest BCUT2D eigenvalue weighted by molar-refractivity contribution is 6.22. The van der Waals surface area contributed by atoms with Crippen LogP contribution in [0.4, 0.5) is 0 Å². The van der Waals surface area contributed by atoms with Gasteiger partial charge in [-0.1, -0.05) is 60.7 Å². The van der Waals surface area contributed by atoms with Gasteiger partial charge in [0, 0.05) is 22.5 Å². The van der Waals surface area contributed by atoms with Crippen LogP contribution in [0.5, 0.6) is 0 Å². The van der Waals surface area contributed by atoms with Crippen molar-refractivity contribution >= 4 is 32.7 Å². The second-order valence-electron chi connectivity index (χ2n) is 7.56. The van der Waals surface area contributed by atoms with Gasteiger partial charge in [-0.3, -0.25) is 4.98 Å².